The maximum Gasteiger partial charge on any atom is 0.309 e. The number of aryl methyl sites for hydroxylation is 1. The molecular weight excluding hydrogens is 352 g/mol. The van der Waals surface area contributed by atoms with E-state index >= 15 is 0 Å². The molecule has 1 aliphatic carbocycles. The fraction of sp³-hybridized carbons (Fsp3) is 0.727. The monoisotopic (exact) mass is 388 g/mol. The van der Waals surface area contributed by atoms with Crippen molar-refractivity contribution in [1.82, 2.24) is 20.1 Å². The highest BCUT2D eigenvalue weighted by Gasteiger charge is 2.26. The first-order chi connectivity index (χ1) is 13.6. The standard InChI is InChI=1S/C22H36N4O2/c1-25-14-10-13-19(25)20(26-15-8-4-5-9-16-26)17-23-21(27)22(28)24-18-11-6-2-3-7-12-18/h10,13-14,18,20H,2-9,11-12,15-17H2,1H3,(H,23,27)(H,24,28). The zero-order valence-electron chi connectivity index (χ0n) is 17.3. The number of nitrogens with one attached hydrogen (secondary N) is 2. The molecule has 0 spiro atoms. The number of hydrogen-bond donors (Lipinski definition) is 2. The molecule has 2 N–H and O–H groups in total. The van der Waals surface area contributed by atoms with Crippen LogP contribution < -0.4 is 10.6 Å². The predicted octanol–water partition coefficient (Wildman–Crippen LogP) is 2.90. The molecule has 1 aliphatic heterocycles. The van der Waals surface area contributed by atoms with Crippen molar-refractivity contribution >= 4 is 11.8 Å². The quantitative estimate of drug-likeness (QED) is 0.602. The molecule has 1 saturated carbocycles. The Morgan fingerprint density at radius 2 is 1.64 bits per heavy atom. The molecule has 1 saturated heterocycles. The molecule has 3 rings (SSSR count). The molecule has 156 valence electrons. The lowest BCUT2D eigenvalue weighted by molar-refractivity contribution is -0.139. The first kappa shape index (κ1) is 20.9. The summed E-state index contributed by atoms with van der Waals surface area (Å²) in [6.07, 6.45) is 13.7. The summed E-state index contributed by atoms with van der Waals surface area (Å²) in [4.78, 5) is 27.3. The van der Waals surface area contributed by atoms with Crippen LogP contribution in [0.3, 0.4) is 0 Å². The SMILES string of the molecule is Cn1cccc1C(CNC(=O)C(=O)NC1CCCCCC1)N1CCCCCC1. The molecule has 2 aliphatic rings. The lowest BCUT2D eigenvalue weighted by Gasteiger charge is -2.31. The number of carbonyl (C=O) groups excluding carboxylic acids is 2. The highest BCUT2D eigenvalue weighted by atomic mass is 16.2. The molecule has 6 nitrogen and oxygen atoms in total. The van der Waals surface area contributed by atoms with Gasteiger partial charge in [0.2, 0.25) is 0 Å². The Hall–Kier alpha value is -1.82. The van der Waals surface area contributed by atoms with Gasteiger partial charge in [0.05, 0.1) is 6.04 Å². The fourth-order valence-electron chi connectivity index (χ4n) is 4.59. The lowest BCUT2D eigenvalue weighted by atomic mass is 10.1. The number of rotatable bonds is 5. The van der Waals surface area contributed by atoms with Gasteiger partial charge in [0, 0.05) is 31.5 Å². The molecule has 0 radical (unpaired) electrons. The predicted molar refractivity (Wildman–Crippen MR) is 111 cm³/mol. The van der Waals surface area contributed by atoms with E-state index in [2.05, 4.69) is 26.2 Å². The maximum absolute atomic E-state index is 12.5. The number of likely N-dealkylation sites (tertiary alicyclic amines) is 1. The van der Waals surface area contributed by atoms with E-state index in [4.69, 9.17) is 0 Å². The molecule has 0 aromatic carbocycles. The first-order valence-corrected chi connectivity index (χ1v) is 11.1. The molecule has 1 aromatic rings. The van der Waals surface area contributed by atoms with E-state index < -0.39 is 11.8 Å². The average molecular weight is 389 g/mol. The van der Waals surface area contributed by atoms with Crippen molar-refractivity contribution in [2.45, 2.75) is 76.3 Å². The third-order valence-electron chi connectivity index (χ3n) is 6.26. The van der Waals surface area contributed by atoms with E-state index in [1.165, 1.54) is 44.2 Å². The Kier molecular flexibility index (Phi) is 7.95. The average Bonchev–Trinajstić information content (AvgIpc) is 2.90. The summed E-state index contributed by atoms with van der Waals surface area (Å²) in [6.45, 7) is 2.55. The molecule has 2 amide bonds. The second-order valence-corrected chi connectivity index (χ2v) is 8.38. The molecule has 1 aromatic heterocycles. The Morgan fingerprint density at radius 1 is 1.00 bits per heavy atom. The summed E-state index contributed by atoms with van der Waals surface area (Å²) in [5.41, 5.74) is 1.19. The van der Waals surface area contributed by atoms with Crippen LogP contribution >= 0.6 is 0 Å². The summed E-state index contributed by atoms with van der Waals surface area (Å²) in [6, 6.07) is 4.41. The van der Waals surface area contributed by atoms with Crippen LogP contribution in [-0.4, -0.2) is 47.0 Å². The van der Waals surface area contributed by atoms with Crippen LogP contribution in [0.2, 0.25) is 0 Å². The smallest absolute Gasteiger partial charge is 0.309 e. The highest BCUT2D eigenvalue weighted by molar-refractivity contribution is 6.35. The van der Waals surface area contributed by atoms with Gasteiger partial charge in [0.15, 0.2) is 0 Å². The van der Waals surface area contributed by atoms with Crippen LogP contribution in [0.5, 0.6) is 0 Å². The Labute approximate surface area is 169 Å². The second kappa shape index (κ2) is 10.6. The molecule has 1 unspecified atom stereocenters. The van der Waals surface area contributed by atoms with E-state index in [9.17, 15) is 9.59 Å². The van der Waals surface area contributed by atoms with Crippen molar-refractivity contribution in [2.75, 3.05) is 19.6 Å². The van der Waals surface area contributed by atoms with Gasteiger partial charge in [-0.1, -0.05) is 38.5 Å². The lowest BCUT2D eigenvalue weighted by Crippen LogP contribution is -2.47. The molecule has 2 heterocycles. The van der Waals surface area contributed by atoms with E-state index in [1.54, 1.807) is 0 Å². The van der Waals surface area contributed by atoms with E-state index in [0.717, 1.165) is 38.8 Å². The number of nitrogens with zero attached hydrogens (tertiary/aromatic N) is 2. The van der Waals surface area contributed by atoms with Crippen LogP contribution in [-0.2, 0) is 16.6 Å². The number of aromatic nitrogens is 1. The largest absolute Gasteiger partial charge is 0.353 e. The van der Waals surface area contributed by atoms with E-state index in [1.807, 2.05) is 19.3 Å². The summed E-state index contributed by atoms with van der Waals surface area (Å²) in [7, 11) is 2.04. The topological polar surface area (TPSA) is 66.4 Å². The minimum Gasteiger partial charge on any atom is -0.353 e. The zero-order chi connectivity index (χ0) is 19.8. The van der Waals surface area contributed by atoms with Crippen molar-refractivity contribution in [1.29, 1.82) is 0 Å². The van der Waals surface area contributed by atoms with Crippen molar-refractivity contribution in [2.24, 2.45) is 7.05 Å². The fourth-order valence-corrected chi connectivity index (χ4v) is 4.59. The molecular formula is C22H36N4O2. The summed E-state index contributed by atoms with van der Waals surface area (Å²) in [5.74, 6) is -0.980. The van der Waals surface area contributed by atoms with Crippen LogP contribution in [0.25, 0.3) is 0 Å². The van der Waals surface area contributed by atoms with Gasteiger partial charge in [-0.15, -0.1) is 0 Å². The zero-order valence-corrected chi connectivity index (χ0v) is 17.3. The van der Waals surface area contributed by atoms with Crippen LogP contribution in [0.1, 0.15) is 75.9 Å². The third-order valence-corrected chi connectivity index (χ3v) is 6.26. The van der Waals surface area contributed by atoms with Gasteiger partial charge in [-0.2, -0.15) is 0 Å². The van der Waals surface area contributed by atoms with Crippen molar-refractivity contribution in [3.8, 4) is 0 Å². The van der Waals surface area contributed by atoms with E-state index in [-0.39, 0.29) is 12.1 Å². The molecule has 2 fully saturated rings. The molecule has 6 heteroatoms. The van der Waals surface area contributed by atoms with Crippen LogP contribution in [0.15, 0.2) is 18.3 Å². The molecule has 28 heavy (non-hydrogen) atoms. The van der Waals surface area contributed by atoms with Gasteiger partial charge >= 0.3 is 11.8 Å². The third kappa shape index (κ3) is 5.84. The van der Waals surface area contributed by atoms with Crippen molar-refractivity contribution < 1.29 is 9.59 Å². The van der Waals surface area contributed by atoms with Gasteiger partial charge in [-0.3, -0.25) is 14.5 Å². The first-order valence-electron chi connectivity index (χ1n) is 11.1. The Morgan fingerprint density at radius 3 is 2.25 bits per heavy atom. The van der Waals surface area contributed by atoms with Gasteiger partial charge in [-0.05, 0) is 50.9 Å². The molecule has 0 bridgehead atoms. The van der Waals surface area contributed by atoms with Crippen LogP contribution in [0.4, 0.5) is 0 Å². The minimum absolute atomic E-state index is 0.104. The Bertz CT molecular complexity index is 626. The van der Waals surface area contributed by atoms with Gasteiger partial charge in [0.25, 0.3) is 0 Å². The number of amides is 2. The highest BCUT2D eigenvalue weighted by Crippen LogP contribution is 2.24. The van der Waals surface area contributed by atoms with Gasteiger partial charge in [0.1, 0.15) is 0 Å². The summed E-state index contributed by atoms with van der Waals surface area (Å²) in [5, 5.41) is 5.86. The number of hydrogen-bond acceptors (Lipinski definition) is 3. The summed E-state index contributed by atoms with van der Waals surface area (Å²) >= 11 is 0. The Balaban J connectivity index is 1.58. The molecule has 1 atom stereocenters. The van der Waals surface area contributed by atoms with Gasteiger partial charge < -0.3 is 15.2 Å². The van der Waals surface area contributed by atoms with Gasteiger partial charge in [-0.25, -0.2) is 0 Å². The second-order valence-electron chi connectivity index (χ2n) is 8.38. The van der Waals surface area contributed by atoms with Crippen LogP contribution in [0, 0.1) is 0 Å². The number of carbonyl (C=O) groups is 2. The minimum atomic E-state index is -0.502. The van der Waals surface area contributed by atoms with Crippen molar-refractivity contribution in [3.63, 3.8) is 0 Å². The maximum atomic E-state index is 12.5. The summed E-state index contributed by atoms with van der Waals surface area (Å²) < 4.78 is 2.12. The van der Waals surface area contributed by atoms with Crippen molar-refractivity contribution in [3.05, 3.63) is 24.0 Å². The normalized spacial score (nSPS) is 20.8. The van der Waals surface area contributed by atoms with E-state index in [0.29, 0.717) is 6.54 Å².